The highest BCUT2D eigenvalue weighted by Crippen LogP contribution is 2.38. The van der Waals surface area contributed by atoms with E-state index in [9.17, 15) is 4.79 Å². The first kappa shape index (κ1) is 16.4. The van der Waals surface area contributed by atoms with Crippen LogP contribution in [0.4, 0.5) is 5.82 Å². The van der Waals surface area contributed by atoms with Gasteiger partial charge in [-0.1, -0.05) is 6.07 Å². The second-order valence-electron chi connectivity index (χ2n) is 4.50. The van der Waals surface area contributed by atoms with Crippen LogP contribution in [-0.2, 0) is 4.79 Å². The predicted octanol–water partition coefficient (Wildman–Crippen LogP) is 2.76. The van der Waals surface area contributed by atoms with Crippen LogP contribution in [0, 0.1) is 0 Å². The third-order valence-corrected chi connectivity index (χ3v) is 3.03. The summed E-state index contributed by atoms with van der Waals surface area (Å²) >= 11 is 0. The molecule has 0 bridgehead atoms. The van der Waals surface area contributed by atoms with E-state index >= 15 is 0 Å². The maximum absolute atomic E-state index is 11.9. The Morgan fingerprint density at radius 3 is 2.30 bits per heavy atom. The number of anilines is 1. The van der Waals surface area contributed by atoms with Gasteiger partial charge in [-0.2, -0.15) is 0 Å². The summed E-state index contributed by atoms with van der Waals surface area (Å²) in [5, 5.41) is 2.67. The zero-order valence-electron chi connectivity index (χ0n) is 13.2. The van der Waals surface area contributed by atoms with Gasteiger partial charge in [0, 0.05) is 12.3 Å². The number of aromatic nitrogens is 1. The van der Waals surface area contributed by atoms with E-state index in [4.69, 9.17) is 14.2 Å². The minimum Gasteiger partial charge on any atom is -0.493 e. The van der Waals surface area contributed by atoms with Crippen molar-refractivity contribution in [2.24, 2.45) is 0 Å². The van der Waals surface area contributed by atoms with E-state index in [0.29, 0.717) is 23.1 Å². The smallest absolute Gasteiger partial charge is 0.249 e. The summed E-state index contributed by atoms with van der Waals surface area (Å²) in [7, 11) is 4.62. The van der Waals surface area contributed by atoms with Gasteiger partial charge in [0.15, 0.2) is 11.5 Å². The fraction of sp³-hybridized carbons (Fsp3) is 0.176. The first-order valence-electron chi connectivity index (χ1n) is 6.88. The van der Waals surface area contributed by atoms with Gasteiger partial charge < -0.3 is 19.5 Å². The molecule has 0 saturated carbocycles. The summed E-state index contributed by atoms with van der Waals surface area (Å²) in [5.74, 6) is 1.77. The molecule has 6 nitrogen and oxygen atoms in total. The summed E-state index contributed by atoms with van der Waals surface area (Å²) in [6.07, 6.45) is 4.68. The number of nitrogens with one attached hydrogen (secondary N) is 1. The number of hydrogen-bond acceptors (Lipinski definition) is 5. The van der Waals surface area contributed by atoms with E-state index in [-0.39, 0.29) is 5.91 Å². The lowest BCUT2D eigenvalue weighted by molar-refractivity contribution is -0.111. The highest BCUT2D eigenvalue weighted by Gasteiger charge is 2.12. The molecule has 1 amide bonds. The summed E-state index contributed by atoms with van der Waals surface area (Å²) in [4.78, 5) is 15.9. The van der Waals surface area contributed by atoms with E-state index in [1.54, 1.807) is 56.8 Å². The number of amides is 1. The molecule has 2 rings (SSSR count). The molecule has 0 spiro atoms. The van der Waals surface area contributed by atoms with Gasteiger partial charge in [0.25, 0.3) is 0 Å². The lowest BCUT2D eigenvalue weighted by atomic mass is 10.1. The maximum Gasteiger partial charge on any atom is 0.249 e. The Bertz CT molecular complexity index is 674. The molecule has 0 aliphatic rings. The summed E-state index contributed by atoms with van der Waals surface area (Å²) in [6, 6.07) is 8.80. The number of carbonyl (C=O) groups excluding carboxylic acids is 1. The van der Waals surface area contributed by atoms with E-state index in [1.807, 2.05) is 0 Å². The number of benzene rings is 1. The van der Waals surface area contributed by atoms with Crippen molar-refractivity contribution in [2.75, 3.05) is 26.6 Å². The van der Waals surface area contributed by atoms with Gasteiger partial charge in [-0.3, -0.25) is 4.79 Å². The molecule has 6 heteroatoms. The van der Waals surface area contributed by atoms with Gasteiger partial charge >= 0.3 is 0 Å². The topological polar surface area (TPSA) is 69.7 Å². The van der Waals surface area contributed by atoms with Gasteiger partial charge in [0.05, 0.1) is 21.3 Å². The molecule has 0 unspecified atom stereocenters. The number of carbonyl (C=O) groups is 1. The first-order chi connectivity index (χ1) is 11.2. The van der Waals surface area contributed by atoms with Crippen LogP contribution in [0.5, 0.6) is 17.2 Å². The average molecular weight is 314 g/mol. The van der Waals surface area contributed by atoms with Crippen LogP contribution in [0.1, 0.15) is 5.56 Å². The van der Waals surface area contributed by atoms with Gasteiger partial charge in [-0.25, -0.2) is 4.98 Å². The predicted molar refractivity (Wildman–Crippen MR) is 88.0 cm³/mol. The zero-order valence-corrected chi connectivity index (χ0v) is 13.2. The Balaban J connectivity index is 2.17. The molecule has 23 heavy (non-hydrogen) atoms. The monoisotopic (exact) mass is 314 g/mol. The minimum atomic E-state index is -0.280. The molecule has 1 heterocycles. The van der Waals surface area contributed by atoms with E-state index in [2.05, 4.69) is 10.3 Å². The summed E-state index contributed by atoms with van der Waals surface area (Å²) in [5.41, 5.74) is 0.746. The normalized spacial score (nSPS) is 10.4. The van der Waals surface area contributed by atoms with Crippen LogP contribution in [0.3, 0.4) is 0 Å². The Hall–Kier alpha value is -3.02. The van der Waals surface area contributed by atoms with Crippen molar-refractivity contribution in [1.82, 2.24) is 4.98 Å². The summed E-state index contributed by atoms with van der Waals surface area (Å²) in [6.45, 7) is 0. The van der Waals surface area contributed by atoms with Crippen LogP contribution in [-0.4, -0.2) is 32.2 Å². The Labute approximate surface area is 134 Å². The van der Waals surface area contributed by atoms with Crippen molar-refractivity contribution in [2.45, 2.75) is 0 Å². The lowest BCUT2D eigenvalue weighted by Crippen LogP contribution is -2.08. The SMILES string of the molecule is COc1cc(/C=C\C(=O)Nc2ccccn2)cc(OC)c1OC. The average Bonchev–Trinajstić information content (AvgIpc) is 2.59. The second kappa shape index (κ2) is 7.84. The Morgan fingerprint density at radius 2 is 1.78 bits per heavy atom. The molecule has 0 atom stereocenters. The van der Waals surface area contributed by atoms with Crippen LogP contribution < -0.4 is 19.5 Å². The molecular weight excluding hydrogens is 296 g/mol. The standard InChI is InChI=1S/C17H18N2O4/c1-21-13-10-12(11-14(22-2)17(13)23-3)7-8-16(20)19-15-6-4-5-9-18-15/h4-11H,1-3H3,(H,18,19,20)/b8-7-. The van der Waals surface area contributed by atoms with Gasteiger partial charge in [0.1, 0.15) is 5.82 Å². The zero-order chi connectivity index (χ0) is 16.7. The molecule has 120 valence electrons. The fourth-order valence-corrected chi connectivity index (χ4v) is 1.97. The van der Waals surface area contributed by atoms with Crippen molar-refractivity contribution in [3.63, 3.8) is 0 Å². The highest BCUT2D eigenvalue weighted by molar-refractivity contribution is 6.01. The Kier molecular flexibility index (Phi) is 5.57. The highest BCUT2D eigenvalue weighted by atomic mass is 16.5. The maximum atomic E-state index is 11.9. The van der Waals surface area contributed by atoms with Crippen LogP contribution >= 0.6 is 0 Å². The molecule has 0 saturated heterocycles. The van der Waals surface area contributed by atoms with Gasteiger partial charge in [-0.05, 0) is 35.9 Å². The largest absolute Gasteiger partial charge is 0.493 e. The molecule has 1 aromatic carbocycles. The van der Waals surface area contributed by atoms with Gasteiger partial charge in [-0.15, -0.1) is 0 Å². The lowest BCUT2D eigenvalue weighted by Gasteiger charge is -2.12. The molecule has 1 N–H and O–H groups in total. The number of nitrogens with zero attached hydrogens (tertiary/aromatic N) is 1. The molecule has 2 aromatic rings. The number of rotatable bonds is 6. The minimum absolute atomic E-state index is 0.280. The molecule has 0 aliphatic heterocycles. The van der Waals surface area contributed by atoms with Crippen LogP contribution in [0.15, 0.2) is 42.6 Å². The molecular formula is C17H18N2O4. The van der Waals surface area contributed by atoms with Crippen molar-refractivity contribution >= 4 is 17.8 Å². The fourth-order valence-electron chi connectivity index (χ4n) is 1.97. The third kappa shape index (κ3) is 4.23. The Morgan fingerprint density at radius 1 is 1.09 bits per heavy atom. The molecule has 0 radical (unpaired) electrons. The molecule has 0 fully saturated rings. The quantitative estimate of drug-likeness (QED) is 0.830. The first-order valence-corrected chi connectivity index (χ1v) is 6.88. The molecule has 0 aliphatic carbocycles. The number of ether oxygens (including phenoxy) is 3. The van der Waals surface area contributed by atoms with Crippen molar-refractivity contribution < 1.29 is 19.0 Å². The van der Waals surface area contributed by atoms with E-state index < -0.39 is 0 Å². The summed E-state index contributed by atoms with van der Waals surface area (Å²) < 4.78 is 15.8. The number of hydrogen-bond donors (Lipinski definition) is 1. The van der Waals surface area contributed by atoms with E-state index in [0.717, 1.165) is 5.56 Å². The third-order valence-electron chi connectivity index (χ3n) is 3.03. The van der Waals surface area contributed by atoms with Gasteiger partial charge in [0.2, 0.25) is 11.7 Å². The van der Waals surface area contributed by atoms with Crippen LogP contribution in [0.2, 0.25) is 0 Å². The van der Waals surface area contributed by atoms with Crippen molar-refractivity contribution in [1.29, 1.82) is 0 Å². The molecule has 1 aromatic heterocycles. The van der Waals surface area contributed by atoms with Crippen molar-refractivity contribution in [3.05, 3.63) is 48.2 Å². The van der Waals surface area contributed by atoms with Crippen LogP contribution in [0.25, 0.3) is 6.08 Å². The number of methoxy groups -OCH3 is 3. The van der Waals surface area contributed by atoms with E-state index in [1.165, 1.54) is 13.2 Å². The van der Waals surface area contributed by atoms with Crippen molar-refractivity contribution in [3.8, 4) is 17.2 Å². The second-order valence-corrected chi connectivity index (χ2v) is 4.50. The number of pyridine rings is 1.